The van der Waals surface area contributed by atoms with Crippen LogP contribution in [0.15, 0.2) is 23.5 Å². The number of carbonyl (C=O) groups is 2. The summed E-state index contributed by atoms with van der Waals surface area (Å²) in [5.41, 5.74) is -0.201. The molecule has 0 atom stereocenters. The number of aliphatic carboxylic acids is 2. The zero-order valence-electron chi connectivity index (χ0n) is 7.99. The topological polar surface area (TPSA) is 92.3 Å². The van der Waals surface area contributed by atoms with Gasteiger partial charge in [0.15, 0.2) is 0 Å². The van der Waals surface area contributed by atoms with Crippen LogP contribution in [0.4, 0.5) is 0 Å². The smallest absolute Gasteiger partial charge is 0.545 e. The molecule has 0 amide bonds. The average Bonchev–Trinajstić information content (AvgIpc) is 2.04. The van der Waals surface area contributed by atoms with Crippen molar-refractivity contribution in [2.75, 3.05) is 0 Å². The van der Waals surface area contributed by atoms with E-state index in [1.54, 1.807) is 0 Å². The Morgan fingerprint density at radius 3 is 1.71 bits per heavy atom. The largest absolute Gasteiger partial charge is 1.00 e. The van der Waals surface area contributed by atoms with Gasteiger partial charge in [-0.1, -0.05) is 0 Å². The van der Waals surface area contributed by atoms with Crippen molar-refractivity contribution in [1.29, 1.82) is 0 Å². The van der Waals surface area contributed by atoms with E-state index in [0.717, 1.165) is 0 Å². The van der Waals surface area contributed by atoms with E-state index in [0.29, 0.717) is 0 Å². The van der Waals surface area contributed by atoms with E-state index in [9.17, 15) is 19.8 Å². The summed E-state index contributed by atoms with van der Waals surface area (Å²) in [6, 6.07) is 0. The molecular formula is C7H5K2NO4. The molecule has 0 fully saturated rings. The molecule has 5 nitrogen and oxygen atoms in total. The van der Waals surface area contributed by atoms with Gasteiger partial charge in [0, 0.05) is 18.8 Å². The van der Waals surface area contributed by atoms with E-state index in [1.165, 1.54) is 12.4 Å². The van der Waals surface area contributed by atoms with Gasteiger partial charge in [-0.05, 0) is 11.1 Å². The van der Waals surface area contributed by atoms with Gasteiger partial charge in [-0.25, -0.2) is 0 Å². The second-order valence-corrected chi connectivity index (χ2v) is 2.26. The van der Waals surface area contributed by atoms with E-state index in [4.69, 9.17) is 0 Å². The van der Waals surface area contributed by atoms with Crippen molar-refractivity contribution < 1.29 is 123 Å². The average molecular weight is 245 g/mol. The Bertz CT molecular complexity index is 270. The predicted octanol–water partition coefficient (Wildman–Crippen LogP) is -8.74. The fourth-order valence-corrected chi connectivity index (χ4v) is 0.812. The Morgan fingerprint density at radius 1 is 1.07 bits per heavy atom. The summed E-state index contributed by atoms with van der Waals surface area (Å²) in [6.07, 6.45) is 2.20. The third-order valence-electron chi connectivity index (χ3n) is 1.42. The first-order valence-corrected chi connectivity index (χ1v) is 3.18. The Hall–Kier alpha value is 1.49. The minimum Gasteiger partial charge on any atom is -0.545 e. The molecule has 0 aromatic rings. The Morgan fingerprint density at radius 2 is 1.43 bits per heavy atom. The van der Waals surface area contributed by atoms with Crippen molar-refractivity contribution >= 4 is 11.9 Å². The van der Waals surface area contributed by atoms with Gasteiger partial charge in [0.1, 0.15) is 0 Å². The molecule has 0 aliphatic carbocycles. The van der Waals surface area contributed by atoms with Crippen molar-refractivity contribution in [3.05, 3.63) is 23.5 Å². The molecule has 0 spiro atoms. The molecule has 14 heavy (non-hydrogen) atoms. The van der Waals surface area contributed by atoms with E-state index < -0.39 is 11.9 Å². The van der Waals surface area contributed by atoms with Crippen LogP contribution in [0.5, 0.6) is 0 Å². The first-order chi connectivity index (χ1) is 5.61. The van der Waals surface area contributed by atoms with Gasteiger partial charge in [0.25, 0.3) is 0 Å². The molecular weight excluding hydrogens is 240 g/mol. The van der Waals surface area contributed by atoms with Gasteiger partial charge in [0.05, 0.1) is 11.9 Å². The monoisotopic (exact) mass is 245 g/mol. The maximum Gasteiger partial charge on any atom is 1.00 e. The van der Waals surface area contributed by atoms with Crippen molar-refractivity contribution in [3.63, 3.8) is 0 Å². The Kier molecular flexibility index (Phi) is 11.0. The summed E-state index contributed by atoms with van der Waals surface area (Å²) in [5.74, 6) is -2.76. The van der Waals surface area contributed by atoms with Crippen LogP contribution in [0.1, 0.15) is 6.42 Å². The number of hydrogen-bond acceptors (Lipinski definition) is 5. The summed E-state index contributed by atoms with van der Waals surface area (Å²) in [6.45, 7) is 0. The summed E-state index contributed by atoms with van der Waals surface area (Å²) < 4.78 is 0. The van der Waals surface area contributed by atoms with Crippen molar-refractivity contribution in [1.82, 2.24) is 5.32 Å². The second-order valence-electron chi connectivity index (χ2n) is 2.26. The Balaban J connectivity index is 0. The first-order valence-electron chi connectivity index (χ1n) is 3.18. The molecule has 1 heterocycles. The molecule has 1 N–H and O–H groups in total. The van der Waals surface area contributed by atoms with Crippen LogP contribution >= 0.6 is 0 Å². The van der Waals surface area contributed by atoms with Gasteiger partial charge in [-0.2, -0.15) is 0 Å². The maximum atomic E-state index is 10.3. The van der Waals surface area contributed by atoms with Crippen LogP contribution in [-0.2, 0) is 9.59 Å². The zero-order valence-corrected chi connectivity index (χ0v) is 14.2. The molecule has 1 rings (SSSR count). The van der Waals surface area contributed by atoms with E-state index in [-0.39, 0.29) is 120 Å². The van der Waals surface area contributed by atoms with Crippen LogP contribution < -0.4 is 118 Å². The number of nitrogens with one attached hydrogen (secondary N) is 1. The predicted molar refractivity (Wildman–Crippen MR) is 33.9 cm³/mol. The first kappa shape index (κ1) is 17.9. The van der Waals surface area contributed by atoms with Crippen LogP contribution in [0.2, 0.25) is 0 Å². The zero-order chi connectivity index (χ0) is 9.14. The number of hydrogen-bond donors (Lipinski definition) is 1. The number of carboxylic acid groups (broad SMARTS) is 2. The third-order valence-corrected chi connectivity index (χ3v) is 1.42. The molecule has 0 saturated heterocycles. The van der Waals surface area contributed by atoms with Crippen LogP contribution in [0, 0.1) is 0 Å². The maximum absolute atomic E-state index is 10.3. The van der Waals surface area contributed by atoms with Gasteiger partial charge in [0.2, 0.25) is 0 Å². The van der Waals surface area contributed by atoms with E-state index in [1.807, 2.05) is 0 Å². The second kappa shape index (κ2) is 8.62. The third kappa shape index (κ3) is 5.54. The molecule has 0 aromatic carbocycles. The molecule has 64 valence electrons. The van der Waals surface area contributed by atoms with Gasteiger partial charge in [-0.15, -0.1) is 0 Å². The minimum absolute atomic E-state index is 0. The molecule has 1 aliphatic heterocycles. The van der Waals surface area contributed by atoms with Crippen LogP contribution in [0.25, 0.3) is 0 Å². The number of dihydropyridines is 1. The molecule has 7 heteroatoms. The number of carboxylic acids is 2. The van der Waals surface area contributed by atoms with Crippen molar-refractivity contribution in [2.45, 2.75) is 6.42 Å². The normalized spacial score (nSPS) is 13.4. The summed E-state index contributed by atoms with van der Waals surface area (Å²) in [5, 5.41) is 22.9. The number of carbonyl (C=O) groups excluding carboxylic acids is 2. The van der Waals surface area contributed by atoms with Crippen molar-refractivity contribution in [2.24, 2.45) is 0 Å². The summed E-state index contributed by atoms with van der Waals surface area (Å²) in [7, 11) is 0. The van der Waals surface area contributed by atoms with Crippen LogP contribution in [-0.4, -0.2) is 11.9 Å². The van der Waals surface area contributed by atoms with Crippen LogP contribution in [0.3, 0.4) is 0 Å². The molecule has 0 unspecified atom stereocenters. The molecule has 0 bridgehead atoms. The quantitative estimate of drug-likeness (QED) is 0.488. The summed E-state index contributed by atoms with van der Waals surface area (Å²) >= 11 is 0. The standard InChI is InChI=1S/C7H7NO4.2K/c9-6(10)4-1-5(7(11)12)3-8-2-4;;/h2-3,8H,1H2,(H,9,10)(H,11,12);;/q;2*+1/p-2. The fraction of sp³-hybridized carbons (Fsp3) is 0.143. The molecule has 0 aromatic heterocycles. The van der Waals surface area contributed by atoms with Crippen molar-refractivity contribution in [3.8, 4) is 0 Å². The molecule has 0 radical (unpaired) electrons. The van der Waals surface area contributed by atoms with Gasteiger partial charge in [-0.3, -0.25) is 0 Å². The van der Waals surface area contributed by atoms with E-state index in [2.05, 4.69) is 5.32 Å². The molecule has 0 saturated carbocycles. The number of rotatable bonds is 2. The van der Waals surface area contributed by atoms with E-state index >= 15 is 0 Å². The SMILES string of the molecule is O=C([O-])C1=CNC=C(C(=O)[O-])C1.[K+].[K+]. The molecule has 1 aliphatic rings. The fourth-order valence-electron chi connectivity index (χ4n) is 0.812. The van der Waals surface area contributed by atoms with Gasteiger partial charge < -0.3 is 25.1 Å². The summed E-state index contributed by atoms with van der Waals surface area (Å²) in [4.78, 5) is 20.5. The minimum atomic E-state index is -1.38. The van der Waals surface area contributed by atoms with Gasteiger partial charge >= 0.3 is 103 Å². The Labute approximate surface area is 166 Å².